The number of sulfone groups is 1. The van der Waals surface area contributed by atoms with Gasteiger partial charge in [0, 0.05) is 29.5 Å². The molecule has 6 nitrogen and oxygen atoms in total. The fraction of sp³-hybridized carbons (Fsp3) is 0.316. The number of morpholine rings is 1. The van der Waals surface area contributed by atoms with Crippen molar-refractivity contribution in [3.63, 3.8) is 0 Å². The molecule has 1 aliphatic rings. The molecule has 0 atom stereocenters. The van der Waals surface area contributed by atoms with Crippen molar-refractivity contribution in [3.05, 3.63) is 53.1 Å². The standard InChI is InChI=1S/C19H21ClN2O4S/c1-14-12-16(22-8-10-26-11-9-22)4-7-18(14)21-19(23)13-27(24,25)17-5-2-15(20)3-6-17/h2-7,12H,8-11,13H2,1H3,(H,21,23). The summed E-state index contributed by atoms with van der Waals surface area (Å²) >= 11 is 5.78. The van der Waals surface area contributed by atoms with E-state index in [1.807, 2.05) is 19.1 Å². The Bertz CT molecular complexity index is 923. The van der Waals surface area contributed by atoms with Crippen LogP contribution in [0.15, 0.2) is 47.4 Å². The van der Waals surface area contributed by atoms with Gasteiger partial charge in [0.15, 0.2) is 9.84 Å². The van der Waals surface area contributed by atoms with E-state index in [-0.39, 0.29) is 4.90 Å². The molecular weight excluding hydrogens is 388 g/mol. The number of benzene rings is 2. The molecule has 0 unspecified atom stereocenters. The quantitative estimate of drug-likeness (QED) is 0.823. The first-order valence-corrected chi connectivity index (χ1v) is 10.6. The van der Waals surface area contributed by atoms with Crippen LogP contribution in [0, 0.1) is 6.92 Å². The molecule has 2 aromatic carbocycles. The monoisotopic (exact) mass is 408 g/mol. The molecule has 0 spiro atoms. The maximum absolute atomic E-state index is 12.4. The van der Waals surface area contributed by atoms with Crippen LogP contribution in [-0.4, -0.2) is 46.4 Å². The third kappa shape index (κ3) is 5.00. The van der Waals surface area contributed by atoms with Gasteiger partial charge in [-0.25, -0.2) is 8.42 Å². The minimum absolute atomic E-state index is 0.0708. The fourth-order valence-corrected chi connectivity index (χ4v) is 4.15. The summed E-state index contributed by atoms with van der Waals surface area (Å²) in [7, 11) is -3.73. The lowest BCUT2D eigenvalue weighted by Gasteiger charge is -2.29. The summed E-state index contributed by atoms with van der Waals surface area (Å²) < 4.78 is 30.1. The van der Waals surface area contributed by atoms with Crippen LogP contribution in [0.1, 0.15) is 5.56 Å². The molecule has 0 aliphatic carbocycles. The number of carbonyl (C=O) groups is 1. The van der Waals surface area contributed by atoms with Crippen molar-refractivity contribution in [2.45, 2.75) is 11.8 Å². The highest BCUT2D eigenvalue weighted by molar-refractivity contribution is 7.92. The first-order chi connectivity index (χ1) is 12.8. The van der Waals surface area contributed by atoms with Crippen LogP contribution in [0.5, 0.6) is 0 Å². The van der Waals surface area contributed by atoms with E-state index in [4.69, 9.17) is 16.3 Å². The van der Waals surface area contributed by atoms with E-state index in [1.54, 1.807) is 6.07 Å². The smallest absolute Gasteiger partial charge is 0.239 e. The average Bonchev–Trinajstić information content (AvgIpc) is 2.64. The van der Waals surface area contributed by atoms with Crippen LogP contribution >= 0.6 is 11.6 Å². The van der Waals surface area contributed by atoms with Crippen molar-refractivity contribution >= 4 is 38.7 Å². The third-order valence-corrected chi connectivity index (χ3v) is 6.24. The zero-order chi connectivity index (χ0) is 19.4. The summed E-state index contributed by atoms with van der Waals surface area (Å²) in [4.78, 5) is 14.6. The largest absolute Gasteiger partial charge is 0.378 e. The second kappa shape index (κ2) is 8.29. The Balaban J connectivity index is 1.67. The van der Waals surface area contributed by atoms with Crippen molar-refractivity contribution in [1.82, 2.24) is 0 Å². The van der Waals surface area contributed by atoms with Gasteiger partial charge in [0.25, 0.3) is 0 Å². The second-order valence-corrected chi connectivity index (χ2v) is 8.79. The van der Waals surface area contributed by atoms with E-state index in [1.165, 1.54) is 24.3 Å². The van der Waals surface area contributed by atoms with Gasteiger partial charge < -0.3 is 15.0 Å². The summed E-state index contributed by atoms with van der Waals surface area (Å²) in [5.41, 5.74) is 2.53. The number of anilines is 2. The summed E-state index contributed by atoms with van der Waals surface area (Å²) in [5.74, 6) is -1.20. The Morgan fingerprint density at radius 1 is 1.15 bits per heavy atom. The van der Waals surface area contributed by atoms with E-state index in [9.17, 15) is 13.2 Å². The maximum atomic E-state index is 12.4. The molecule has 3 rings (SSSR count). The van der Waals surface area contributed by atoms with Gasteiger partial charge in [0.05, 0.1) is 18.1 Å². The molecule has 0 saturated carbocycles. The van der Waals surface area contributed by atoms with Crippen molar-refractivity contribution < 1.29 is 17.9 Å². The molecule has 144 valence electrons. The third-order valence-electron chi connectivity index (χ3n) is 4.35. The SMILES string of the molecule is Cc1cc(N2CCOCC2)ccc1NC(=O)CS(=O)(=O)c1ccc(Cl)cc1. The lowest BCUT2D eigenvalue weighted by molar-refractivity contribution is -0.113. The number of ether oxygens (including phenoxy) is 1. The van der Waals surface area contributed by atoms with Gasteiger partial charge in [-0.2, -0.15) is 0 Å². The lowest BCUT2D eigenvalue weighted by Crippen LogP contribution is -2.36. The normalized spacial score (nSPS) is 14.8. The number of hydrogen-bond acceptors (Lipinski definition) is 5. The minimum Gasteiger partial charge on any atom is -0.378 e. The predicted molar refractivity (Wildman–Crippen MR) is 106 cm³/mol. The van der Waals surface area contributed by atoms with Crippen LogP contribution in [-0.2, 0) is 19.4 Å². The summed E-state index contributed by atoms with van der Waals surface area (Å²) in [6.45, 7) is 4.92. The summed E-state index contributed by atoms with van der Waals surface area (Å²) in [5, 5.41) is 3.13. The number of nitrogens with zero attached hydrogens (tertiary/aromatic N) is 1. The van der Waals surface area contributed by atoms with E-state index in [0.29, 0.717) is 23.9 Å². The second-order valence-electron chi connectivity index (χ2n) is 6.36. The highest BCUT2D eigenvalue weighted by atomic mass is 35.5. The minimum atomic E-state index is -3.73. The maximum Gasteiger partial charge on any atom is 0.239 e. The molecule has 0 radical (unpaired) electrons. The number of aryl methyl sites for hydroxylation is 1. The van der Waals surface area contributed by atoms with Gasteiger partial charge in [0.1, 0.15) is 5.75 Å². The number of halogens is 1. The molecule has 1 heterocycles. The van der Waals surface area contributed by atoms with Crippen LogP contribution in [0.3, 0.4) is 0 Å². The Labute approximate surface area is 164 Å². The highest BCUT2D eigenvalue weighted by Crippen LogP contribution is 2.24. The van der Waals surface area contributed by atoms with E-state index in [2.05, 4.69) is 10.2 Å². The van der Waals surface area contributed by atoms with Gasteiger partial charge in [-0.1, -0.05) is 11.6 Å². The summed E-state index contributed by atoms with van der Waals surface area (Å²) in [6, 6.07) is 11.5. The van der Waals surface area contributed by atoms with Gasteiger partial charge in [0.2, 0.25) is 5.91 Å². The highest BCUT2D eigenvalue weighted by Gasteiger charge is 2.20. The molecule has 8 heteroatoms. The molecule has 1 fully saturated rings. The average molecular weight is 409 g/mol. The van der Waals surface area contributed by atoms with Gasteiger partial charge in [-0.05, 0) is 55.0 Å². The topological polar surface area (TPSA) is 75.7 Å². The van der Waals surface area contributed by atoms with Crippen LogP contribution < -0.4 is 10.2 Å². The predicted octanol–water partition coefficient (Wildman–Crippen LogP) is 2.90. The molecule has 0 aromatic heterocycles. The first-order valence-electron chi connectivity index (χ1n) is 8.57. The van der Waals surface area contributed by atoms with Gasteiger partial charge >= 0.3 is 0 Å². The Kier molecular flexibility index (Phi) is 6.04. The molecule has 2 aromatic rings. The molecule has 1 saturated heterocycles. The van der Waals surface area contributed by atoms with Crippen molar-refractivity contribution in [3.8, 4) is 0 Å². The number of hydrogen-bond donors (Lipinski definition) is 1. The van der Waals surface area contributed by atoms with Crippen molar-refractivity contribution in [2.75, 3.05) is 42.3 Å². The van der Waals surface area contributed by atoms with E-state index < -0.39 is 21.5 Å². The van der Waals surface area contributed by atoms with Crippen LogP contribution in [0.4, 0.5) is 11.4 Å². The van der Waals surface area contributed by atoms with Crippen LogP contribution in [0.25, 0.3) is 0 Å². The van der Waals surface area contributed by atoms with E-state index in [0.717, 1.165) is 24.3 Å². The first kappa shape index (κ1) is 19.7. The molecule has 27 heavy (non-hydrogen) atoms. The fourth-order valence-electron chi connectivity index (χ4n) is 2.89. The molecule has 1 aliphatic heterocycles. The van der Waals surface area contributed by atoms with Gasteiger partial charge in [-0.15, -0.1) is 0 Å². The zero-order valence-electron chi connectivity index (χ0n) is 14.9. The summed E-state index contributed by atoms with van der Waals surface area (Å²) in [6.07, 6.45) is 0. The Morgan fingerprint density at radius 3 is 2.44 bits per heavy atom. The number of rotatable bonds is 5. The van der Waals surface area contributed by atoms with E-state index >= 15 is 0 Å². The van der Waals surface area contributed by atoms with Crippen molar-refractivity contribution in [2.24, 2.45) is 0 Å². The molecule has 1 amide bonds. The lowest BCUT2D eigenvalue weighted by atomic mass is 10.1. The number of amides is 1. The number of nitrogens with one attached hydrogen (secondary N) is 1. The van der Waals surface area contributed by atoms with Gasteiger partial charge in [-0.3, -0.25) is 4.79 Å². The Hall–Kier alpha value is -2.09. The van der Waals surface area contributed by atoms with Crippen molar-refractivity contribution in [1.29, 1.82) is 0 Å². The zero-order valence-corrected chi connectivity index (χ0v) is 16.5. The molecule has 0 bridgehead atoms. The van der Waals surface area contributed by atoms with Crippen LogP contribution in [0.2, 0.25) is 5.02 Å². The number of carbonyl (C=O) groups excluding carboxylic acids is 1. The molecule has 1 N–H and O–H groups in total. The Morgan fingerprint density at radius 2 is 1.81 bits per heavy atom. The molecular formula is C19H21ClN2O4S.